The highest BCUT2D eigenvalue weighted by molar-refractivity contribution is 14.0. The summed E-state index contributed by atoms with van der Waals surface area (Å²) in [5, 5.41) is 6.66. The van der Waals surface area contributed by atoms with Crippen molar-refractivity contribution in [2.24, 2.45) is 10.9 Å². The molecule has 0 amide bonds. The molecule has 0 aromatic rings. The van der Waals surface area contributed by atoms with Crippen molar-refractivity contribution in [2.75, 3.05) is 53.0 Å². The summed E-state index contributed by atoms with van der Waals surface area (Å²) in [7, 11) is 1.81. The summed E-state index contributed by atoms with van der Waals surface area (Å²) in [4.78, 5) is 6.73. The van der Waals surface area contributed by atoms with E-state index in [0.29, 0.717) is 18.1 Å². The largest absolute Gasteiger partial charge is 0.380 e. The summed E-state index contributed by atoms with van der Waals surface area (Å²) in [6, 6.07) is 0. The molecular weight excluding hydrogens is 431 g/mol. The van der Waals surface area contributed by atoms with Gasteiger partial charge in [-0.1, -0.05) is 13.8 Å². The average Bonchev–Trinajstić information content (AvgIpc) is 2.51. The first-order valence-electron chi connectivity index (χ1n) is 9.41. The van der Waals surface area contributed by atoms with E-state index in [1.807, 2.05) is 0 Å². The van der Waals surface area contributed by atoms with Crippen LogP contribution in [0.4, 0.5) is 0 Å². The molecule has 1 aliphatic heterocycles. The fourth-order valence-corrected chi connectivity index (χ4v) is 2.86. The first-order chi connectivity index (χ1) is 11.5. The second-order valence-electron chi connectivity index (χ2n) is 7.09. The van der Waals surface area contributed by atoms with Gasteiger partial charge < -0.3 is 20.1 Å². The van der Waals surface area contributed by atoms with Gasteiger partial charge >= 0.3 is 0 Å². The second kappa shape index (κ2) is 15.0. The molecule has 25 heavy (non-hydrogen) atoms. The van der Waals surface area contributed by atoms with Crippen molar-refractivity contribution in [1.82, 2.24) is 15.5 Å². The minimum atomic E-state index is 0. The standard InChI is InChI=1S/C18H38N4O2.HI/c1-15(2)7-11-23-12-9-21-18(19-5)20-8-6-10-22-13-16(3)24-17(4)14-22;/h15-17H,6-14H2,1-5H3,(H2,19,20,21);1H. The lowest BCUT2D eigenvalue weighted by Crippen LogP contribution is -2.46. The first kappa shape index (κ1) is 24.9. The molecule has 2 N–H and O–H groups in total. The highest BCUT2D eigenvalue weighted by Crippen LogP contribution is 2.10. The monoisotopic (exact) mass is 470 g/mol. The van der Waals surface area contributed by atoms with E-state index >= 15 is 0 Å². The van der Waals surface area contributed by atoms with Gasteiger partial charge in [-0.05, 0) is 32.6 Å². The number of nitrogens with zero attached hydrogens (tertiary/aromatic N) is 2. The van der Waals surface area contributed by atoms with E-state index in [1.54, 1.807) is 7.05 Å². The maximum Gasteiger partial charge on any atom is 0.191 e. The summed E-state index contributed by atoms with van der Waals surface area (Å²) in [5.41, 5.74) is 0. The Morgan fingerprint density at radius 1 is 1.16 bits per heavy atom. The molecule has 1 aliphatic rings. The van der Waals surface area contributed by atoms with Gasteiger partial charge in [0.1, 0.15) is 0 Å². The van der Waals surface area contributed by atoms with Crippen molar-refractivity contribution in [3.05, 3.63) is 0 Å². The molecule has 2 atom stereocenters. The van der Waals surface area contributed by atoms with Crippen molar-refractivity contribution in [1.29, 1.82) is 0 Å². The van der Waals surface area contributed by atoms with Crippen molar-refractivity contribution >= 4 is 29.9 Å². The zero-order valence-electron chi connectivity index (χ0n) is 16.7. The topological polar surface area (TPSA) is 58.1 Å². The predicted molar refractivity (Wildman–Crippen MR) is 116 cm³/mol. The van der Waals surface area contributed by atoms with Gasteiger partial charge in [-0.25, -0.2) is 0 Å². The van der Waals surface area contributed by atoms with Crippen LogP contribution >= 0.6 is 24.0 Å². The Morgan fingerprint density at radius 2 is 1.80 bits per heavy atom. The molecule has 150 valence electrons. The fraction of sp³-hybridized carbons (Fsp3) is 0.944. The third-order valence-electron chi connectivity index (χ3n) is 4.04. The van der Waals surface area contributed by atoms with Gasteiger partial charge in [0.05, 0.1) is 18.8 Å². The lowest BCUT2D eigenvalue weighted by atomic mass is 10.1. The minimum Gasteiger partial charge on any atom is -0.380 e. The summed E-state index contributed by atoms with van der Waals surface area (Å²) in [5.74, 6) is 1.55. The van der Waals surface area contributed by atoms with Gasteiger partial charge in [0, 0.05) is 46.4 Å². The Morgan fingerprint density at radius 3 is 2.40 bits per heavy atom. The van der Waals surface area contributed by atoms with E-state index in [9.17, 15) is 0 Å². The molecular formula is C18H39IN4O2. The SMILES string of the molecule is CN=C(NCCCN1CC(C)OC(C)C1)NCCOCCC(C)C.I. The van der Waals surface area contributed by atoms with Crippen LogP contribution in [0.1, 0.15) is 40.5 Å². The Labute approximate surface area is 171 Å². The van der Waals surface area contributed by atoms with Gasteiger partial charge in [-0.3, -0.25) is 9.89 Å². The zero-order valence-corrected chi connectivity index (χ0v) is 19.0. The highest BCUT2D eigenvalue weighted by atomic mass is 127. The molecule has 2 unspecified atom stereocenters. The second-order valence-corrected chi connectivity index (χ2v) is 7.09. The van der Waals surface area contributed by atoms with E-state index in [2.05, 4.69) is 48.2 Å². The molecule has 0 radical (unpaired) electrons. The molecule has 1 heterocycles. The number of aliphatic imine (C=N–C) groups is 1. The van der Waals surface area contributed by atoms with Crippen molar-refractivity contribution in [3.63, 3.8) is 0 Å². The Balaban J connectivity index is 0.00000576. The number of morpholine rings is 1. The van der Waals surface area contributed by atoms with Gasteiger partial charge in [0.2, 0.25) is 0 Å². The maximum absolute atomic E-state index is 5.77. The Hall–Kier alpha value is -0.120. The lowest BCUT2D eigenvalue weighted by molar-refractivity contribution is -0.0679. The third-order valence-corrected chi connectivity index (χ3v) is 4.04. The van der Waals surface area contributed by atoms with E-state index in [-0.39, 0.29) is 24.0 Å². The molecule has 0 spiro atoms. The van der Waals surface area contributed by atoms with Crippen LogP contribution in [-0.2, 0) is 9.47 Å². The van der Waals surface area contributed by atoms with Gasteiger partial charge in [-0.15, -0.1) is 24.0 Å². The van der Waals surface area contributed by atoms with Gasteiger partial charge in [-0.2, -0.15) is 0 Å². The Bertz CT molecular complexity index is 346. The average molecular weight is 470 g/mol. The maximum atomic E-state index is 5.77. The summed E-state index contributed by atoms with van der Waals surface area (Å²) in [6.07, 6.45) is 2.90. The number of ether oxygens (including phenoxy) is 2. The summed E-state index contributed by atoms with van der Waals surface area (Å²) < 4.78 is 11.4. The van der Waals surface area contributed by atoms with Crippen LogP contribution in [-0.4, -0.2) is 76.1 Å². The van der Waals surface area contributed by atoms with Crippen molar-refractivity contribution in [2.45, 2.75) is 52.7 Å². The van der Waals surface area contributed by atoms with Crippen LogP contribution in [0.3, 0.4) is 0 Å². The van der Waals surface area contributed by atoms with Crippen LogP contribution in [0.5, 0.6) is 0 Å². The number of halogens is 1. The van der Waals surface area contributed by atoms with Crippen LogP contribution < -0.4 is 10.6 Å². The molecule has 0 aliphatic carbocycles. The normalized spacial score (nSPS) is 21.9. The molecule has 1 fully saturated rings. The number of nitrogens with one attached hydrogen (secondary N) is 2. The first-order valence-corrected chi connectivity index (χ1v) is 9.41. The molecule has 0 saturated carbocycles. The molecule has 1 saturated heterocycles. The van der Waals surface area contributed by atoms with Crippen LogP contribution in [0.2, 0.25) is 0 Å². The molecule has 1 rings (SSSR count). The number of guanidine groups is 1. The molecule has 0 aromatic heterocycles. The van der Waals surface area contributed by atoms with Gasteiger partial charge in [0.25, 0.3) is 0 Å². The predicted octanol–water partition coefficient (Wildman–Crippen LogP) is 2.33. The van der Waals surface area contributed by atoms with Crippen LogP contribution in [0, 0.1) is 5.92 Å². The lowest BCUT2D eigenvalue weighted by Gasteiger charge is -2.35. The van der Waals surface area contributed by atoms with E-state index < -0.39 is 0 Å². The zero-order chi connectivity index (χ0) is 17.8. The quantitative estimate of drug-likeness (QED) is 0.222. The number of hydrogen-bond acceptors (Lipinski definition) is 4. The number of hydrogen-bond donors (Lipinski definition) is 2. The Kier molecular flexibility index (Phi) is 14.9. The fourth-order valence-electron chi connectivity index (χ4n) is 2.86. The van der Waals surface area contributed by atoms with E-state index in [1.165, 1.54) is 0 Å². The molecule has 0 bridgehead atoms. The van der Waals surface area contributed by atoms with Crippen LogP contribution in [0.25, 0.3) is 0 Å². The van der Waals surface area contributed by atoms with E-state index in [0.717, 1.165) is 64.7 Å². The van der Waals surface area contributed by atoms with Crippen molar-refractivity contribution in [3.8, 4) is 0 Å². The highest BCUT2D eigenvalue weighted by Gasteiger charge is 2.21. The minimum absolute atomic E-state index is 0. The number of rotatable bonds is 10. The van der Waals surface area contributed by atoms with Crippen LogP contribution in [0.15, 0.2) is 4.99 Å². The summed E-state index contributed by atoms with van der Waals surface area (Å²) in [6.45, 7) is 15.2. The van der Waals surface area contributed by atoms with E-state index in [4.69, 9.17) is 9.47 Å². The third kappa shape index (κ3) is 12.8. The molecule has 6 nitrogen and oxygen atoms in total. The summed E-state index contributed by atoms with van der Waals surface area (Å²) >= 11 is 0. The van der Waals surface area contributed by atoms with Gasteiger partial charge in [0.15, 0.2) is 5.96 Å². The smallest absolute Gasteiger partial charge is 0.191 e. The molecule has 7 heteroatoms. The van der Waals surface area contributed by atoms with Crippen molar-refractivity contribution < 1.29 is 9.47 Å². The molecule has 0 aromatic carbocycles.